The van der Waals surface area contributed by atoms with Gasteiger partial charge in [-0.15, -0.1) is 0 Å². The van der Waals surface area contributed by atoms with Crippen molar-refractivity contribution in [2.75, 3.05) is 33.9 Å². The second-order valence-corrected chi connectivity index (χ2v) is 7.54. The summed E-state index contributed by atoms with van der Waals surface area (Å²) in [5, 5.41) is 7.12. The number of carboxylic acids is 1. The number of nitrogens with zero attached hydrogens (tertiary/aromatic N) is 2. The molecule has 1 amide bonds. The van der Waals surface area contributed by atoms with E-state index < -0.39 is 12.1 Å². The van der Waals surface area contributed by atoms with Gasteiger partial charge in [0.05, 0.1) is 6.10 Å². The van der Waals surface area contributed by atoms with Crippen molar-refractivity contribution in [1.82, 2.24) is 9.80 Å². The summed E-state index contributed by atoms with van der Waals surface area (Å²) >= 11 is 0. The van der Waals surface area contributed by atoms with Gasteiger partial charge in [0.25, 0.3) is 0 Å². The Balaban J connectivity index is 0.000000423. The Kier molecular flexibility index (Phi) is 8.78. The second-order valence-electron chi connectivity index (χ2n) is 7.54. The zero-order chi connectivity index (χ0) is 23.2. The molecule has 0 bridgehead atoms. The monoisotopic (exact) mass is 450 g/mol. The Bertz CT molecular complexity index is 759. The number of likely N-dealkylation sites (N-methyl/N-ethyl adjacent to an activating group) is 1. The van der Waals surface area contributed by atoms with Crippen molar-refractivity contribution >= 4 is 11.9 Å². The molecule has 0 aromatic heterocycles. The number of aliphatic carboxylic acids is 1. The van der Waals surface area contributed by atoms with Gasteiger partial charge in [-0.05, 0) is 30.5 Å². The standard InChI is InChI=1S/C18H25FN2O3.C2HF3O2/c1-20(2)17(22)12-24-16-11-21(15-7-4-8-23-18(15)16)10-13-5-3-6-14(19)9-13;3-2(4,5)1(6)7/h3,5-6,9,15-16,18H,4,7-8,10-12H2,1-2H3;(H,6,7)/t15-,16+,18+;/m1./s1. The maximum atomic E-state index is 13.4. The van der Waals surface area contributed by atoms with Gasteiger partial charge in [0.2, 0.25) is 5.91 Å². The molecule has 0 saturated carbocycles. The first kappa shape index (κ1) is 25.0. The largest absolute Gasteiger partial charge is 0.490 e. The highest BCUT2D eigenvalue weighted by molar-refractivity contribution is 5.76. The molecule has 1 aromatic rings. The molecule has 0 aliphatic carbocycles. The average molecular weight is 450 g/mol. The number of amides is 1. The number of ether oxygens (including phenoxy) is 2. The molecule has 3 atom stereocenters. The van der Waals surface area contributed by atoms with Crippen LogP contribution in [0.2, 0.25) is 0 Å². The van der Waals surface area contributed by atoms with E-state index in [1.54, 1.807) is 26.2 Å². The molecule has 1 aromatic carbocycles. The predicted molar refractivity (Wildman–Crippen MR) is 102 cm³/mol. The first-order valence-electron chi connectivity index (χ1n) is 9.71. The van der Waals surface area contributed by atoms with E-state index in [1.165, 1.54) is 11.0 Å². The van der Waals surface area contributed by atoms with Gasteiger partial charge in [0, 0.05) is 39.8 Å². The molecule has 0 unspecified atom stereocenters. The van der Waals surface area contributed by atoms with E-state index in [9.17, 15) is 22.4 Å². The molecule has 0 radical (unpaired) electrons. The lowest BCUT2D eigenvalue weighted by Crippen LogP contribution is -2.42. The summed E-state index contributed by atoms with van der Waals surface area (Å²) in [7, 11) is 3.44. The van der Waals surface area contributed by atoms with Crippen LogP contribution in [0.4, 0.5) is 17.6 Å². The summed E-state index contributed by atoms with van der Waals surface area (Å²) in [6.45, 7) is 2.17. The van der Waals surface area contributed by atoms with Crippen molar-refractivity contribution in [1.29, 1.82) is 0 Å². The van der Waals surface area contributed by atoms with Gasteiger partial charge in [0.1, 0.15) is 18.5 Å². The van der Waals surface area contributed by atoms with Crippen LogP contribution in [0.25, 0.3) is 0 Å². The third-order valence-corrected chi connectivity index (χ3v) is 5.02. The molecule has 7 nitrogen and oxygen atoms in total. The predicted octanol–water partition coefficient (Wildman–Crippen LogP) is 2.30. The van der Waals surface area contributed by atoms with Crippen LogP contribution >= 0.6 is 0 Å². The van der Waals surface area contributed by atoms with E-state index in [0.717, 1.165) is 25.0 Å². The summed E-state index contributed by atoms with van der Waals surface area (Å²) in [5.41, 5.74) is 0.948. The summed E-state index contributed by atoms with van der Waals surface area (Å²) in [4.78, 5) is 24.5. The molecule has 2 saturated heterocycles. The van der Waals surface area contributed by atoms with Gasteiger partial charge < -0.3 is 19.5 Å². The van der Waals surface area contributed by atoms with Crippen molar-refractivity contribution in [3.05, 3.63) is 35.6 Å². The van der Waals surface area contributed by atoms with Crippen LogP contribution in [0.5, 0.6) is 0 Å². The van der Waals surface area contributed by atoms with Crippen LogP contribution in [0.1, 0.15) is 18.4 Å². The number of likely N-dealkylation sites (tertiary alicyclic amines) is 1. The first-order valence-corrected chi connectivity index (χ1v) is 9.71. The molecule has 31 heavy (non-hydrogen) atoms. The number of hydrogen-bond donors (Lipinski definition) is 1. The van der Waals surface area contributed by atoms with Gasteiger partial charge in [-0.2, -0.15) is 13.2 Å². The Morgan fingerprint density at radius 3 is 2.58 bits per heavy atom. The normalized spacial score (nSPS) is 23.5. The van der Waals surface area contributed by atoms with E-state index in [4.69, 9.17) is 19.4 Å². The van der Waals surface area contributed by atoms with Crippen molar-refractivity contribution in [3.63, 3.8) is 0 Å². The summed E-state index contributed by atoms with van der Waals surface area (Å²) in [6, 6.07) is 6.97. The van der Waals surface area contributed by atoms with E-state index in [-0.39, 0.29) is 36.6 Å². The van der Waals surface area contributed by atoms with Crippen LogP contribution in [-0.2, 0) is 25.6 Å². The Morgan fingerprint density at radius 2 is 2.00 bits per heavy atom. The van der Waals surface area contributed by atoms with Gasteiger partial charge >= 0.3 is 12.1 Å². The SMILES string of the molecule is CN(C)C(=O)CO[C@H]1CN(Cc2cccc(F)c2)[C@@H]2CCCO[C@H]12.O=C(O)C(F)(F)F. The number of fused-ring (bicyclic) bond motifs is 1. The van der Waals surface area contributed by atoms with Crippen LogP contribution in [0.15, 0.2) is 24.3 Å². The molecule has 174 valence electrons. The topological polar surface area (TPSA) is 79.3 Å². The third-order valence-electron chi connectivity index (χ3n) is 5.02. The second kappa shape index (κ2) is 10.9. The molecule has 0 spiro atoms. The minimum Gasteiger partial charge on any atom is -0.475 e. The molecule has 11 heteroatoms. The Labute approximate surface area is 177 Å². The number of benzene rings is 1. The number of carbonyl (C=O) groups is 2. The van der Waals surface area contributed by atoms with Gasteiger partial charge in [0.15, 0.2) is 0 Å². The van der Waals surface area contributed by atoms with E-state index in [1.807, 2.05) is 6.07 Å². The molecular formula is C20H26F4N2O5. The summed E-state index contributed by atoms with van der Waals surface area (Å²) < 4.78 is 57.0. The minimum absolute atomic E-state index is 0.0118. The maximum absolute atomic E-state index is 13.4. The zero-order valence-electron chi connectivity index (χ0n) is 17.3. The fourth-order valence-electron chi connectivity index (χ4n) is 3.51. The third kappa shape index (κ3) is 7.44. The first-order chi connectivity index (χ1) is 14.5. The van der Waals surface area contributed by atoms with Crippen LogP contribution in [0.3, 0.4) is 0 Å². The maximum Gasteiger partial charge on any atom is 0.490 e. The number of hydrogen-bond acceptors (Lipinski definition) is 5. The van der Waals surface area contributed by atoms with Gasteiger partial charge in [-0.3, -0.25) is 9.69 Å². The number of carboxylic acid groups (broad SMARTS) is 1. The van der Waals surface area contributed by atoms with Crippen LogP contribution < -0.4 is 0 Å². The number of rotatable bonds is 5. The molecule has 2 aliphatic rings. The van der Waals surface area contributed by atoms with Crippen molar-refractivity contribution in [2.24, 2.45) is 0 Å². The van der Waals surface area contributed by atoms with Crippen LogP contribution in [0, 0.1) is 5.82 Å². The van der Waals surface area contributed by atoms with E-state index >= 15 is 0 Å². The van der Waals surface area contributed by atoms with E-state index in [0.29, 0.717) is 13.1 Å². The lowest BCUT2D eigenvalue weighted by Gasteiger charge is -2.32. The van der Waals surface area contributed by atoms with Crippen molar-refractivity contribution in [2.45, 2.75) is 43.8 Å². The zero-order valence-corrected chi connectivity index (χ0v) is 17.3. The highest BCUT2D eigenvalue weighted by Crippen LogP contribution is 2.31. The molecular weight excluding hydrogens is 424 g/mol. The smallest absolute Gasteiger partial charge is 0.475 e. The average Bonchev–Trinajstić information content (AvgIpc) is 3.03. The molecule has 2 aliphatic heterocycles. The van der Waals surface area contributed by atoms with E-state index in [2.05, 4.69) is 4.90 Å². The summed E-state index contributed by atoms with van der Waals surface area (Å²) in [6.07, 6.45) is -3.15. The molecule has 1 N–H and O–H groups in total. The fourth-order valence-corrected chi connectivity index (χ4v) is 3.51. The number of halogens is 4. The van der Waals surface area contributed by atoms with Crippen molar-refractivity contribution in [3.8, 4) is 0 Å². The highest BCUT2D eigenvalue weighted by atomic mass is 19.4. The lowest BCUT2D eigenvalue weighted by atomic mass is 10.0. The fraction of sp³-hybridized carbons (Fsp3) is 0.600. The number of alkyl halides is 3. The highest BCUT2D eigenvalue weighted by Gasteiger charge is 2.44. The molecule has 2 fully saturated rings. The molecule has 2 heterocycles. The van der Waals surface area contributed by atoms with Crippen molar-refractivity contribution < 1.29 is 41.7 Å². The molecule has 3 rings (SSSR count). The Morgan fingerprint density at radius 1 is 1.32 bits per heavy atom. The lowest BCUT2D eigenvalue weighted by molar-refractivity contribution is -0.192. The van der Waals surface area contributed by atoms with Crippen LogP contribution in [-0.4, -0.2) is 85.1 Å². The quantitative estimate of drug-likeness (QED) is 0.694. The minimum atomic E-state index is -5.08. The number of carbonyl (C=O) groups excluding carboxylic acids is 1. The Hall–Kier alpha value is -2.24. The van der Waals surface area contributed by atoms with Gasteiger partial charge in [-0.25, -0.2) is 9.18 Å². The summed E-state index contributed by atoms with van der Waals surface area (Å²) in [5.74, 6) is -3.02. The van der Waals surface area contributed by atoms with Gasteiger partial charge in [-0.1, -0.05) is 12.1 Å².